The van der Waals surface area contributed by atoms with Gasteiger partial charge in [0.1, 0.15) is 42.7 Å². The van der Waals surface area contributed by atoms with Crippen molar-refractivity contribution in [3.63, 3.8) is 0 Å². The number of ether oxygens (including phenoxy) is 2. The summed E-state index contributed by atoms with van der Waals surface area (Å²) in [6, 6.07) is 1.24. The maximum atomic E-state index is 12.2. The van der Waals surface area contributed by atoms with Gasteiger partial charge < -0.3 is 59.7 Å². The Bertz CT molecular complexity index is 1380. The second-order valence-electron chi connectivity index (χ2n) is 10.1. The van der Waals surface area contributed by atoms with E-state index < -0.39 is 97.6 Å². The van der Waals surface area contributed by atoms with Gasteiger partial charge in [0.15, 0.2) is 18.3 Å². The first-order chi connectivity index (χ1) is 22.7. The van der Waals surface area contributed by atoms with E-state index in [0.29, 0.717) is 0 Å². The molecule has 2 aliphatic heterocycles. The SMILES string of the molecule is CCN(CC)CC.CONc1ccn([C@@H]2O[C@H](COP(=O)(O)OP(=O)(O)OP(=O)(O)O[C@H]3O[C@H](CO)[C@@H](O)[C@H](O)[C@H]3O)[C@@H](O)[C@H]2O)c(=O)n1. The van der Waals surface area contributed by atoms with E-state index in [4.69, 9.17) is 14.6 Å². The number of hydrogen-bond acceptors (Lipinski definition) is 20. The Balaban J connectivity index is 0.00000107. The first-order valence-corrected chi connectivity index (χ1v) is 18.9. The van der Waals surface area contributed by atoms with E-state index in [1.54, 1.807) is 0 Å². The zero-order valence-electron chi connectivity index (χ0n) is 26.6. The number of aromatic nitrogens is 2. The number of hydrogen-bond donors (Lipinski definition) is 10. The summed E-state index contributed by atoms with van der Waals surface area (Å²) in [7, 11) is -16.3. The molecule has 286 valence electrons. The van der Waals surface area contributed by atoms with Crippen LogP contribution in [0.15, 0.2) is 17.1 Å². The van der Waals surface area contributed by atoms with E-state index in [1.807, 2.05) is 0 Å². The van der Waals surface area contributed by atoms with Gasteiger partial charge in [-0.1, -0.05) is 20.8 Å². The molecule has 3 rings (SSSR count). The smallest absolute Gasteiger partial charge is 0.394 e. The van der Waals surface area contributed by atoms with E-state index in [9.17, 15) is 58.7 Å². The lowest BCUT2D eigenvalue weighted by atomic mass is 10.00. The van der Waals surface area contributed by atoms with Crippen LogP contribution in [0.4, 0.5) is 5.82 Å². The molecule has 3 unspecified atom stereocenters. The summed E-state index contributed by atoms with van der Waals surface area (Å²) in [5.74, 6) is -0.00768. The van der Waals surface area contributed by atoms with Gasteiger partial charge in [0.05, 0.1) is 20.3 Å². The van der Waals surface area contributed by atoms with Crippen LogP contribution in [0, 0.1) is 0 Å². The summed E-state index contributed by atoms with van der Waals surface area (Å²) in [6.45, 7) is 8.04. The Hall–Kier alpha value is -1.31. The molecule has 1 aromatic heterocycles. The molecule has 3 heterocycles. The van der Waals surface area contributed by atoms with E-state index in [-0.39, 0.29) is 5.82 Å². The number of rotatable bonds is 16. The molecule has 0 bridgehead atoms. The normalized spacial score (nSPS) is 32.4. The highest BCUT2D eigenvalue weighted by molar-refractivity contribution is 7.66. The molecule has 0 aliphatic carbocycles. The summed E-state index contributed by atoms with van der Waals surface area (Å²) < 4.78 is 63.9. The summed E-state index contributed by atoms with van der Waals surface area (Å²) in [5.41, 5.74) is 1.32. The number of aliphatic hydroxyl groups excluding tert-OH is 6. The van der Waals surface area contributed by atoms with Gasteiger partial charge in [-0.25, -0.2) is 24.0 Å². The number of aliphatic hydroxyl groups is 6. The van der Waals surface area contributed by atoms with Gasteiger partial charge in [-0.05, 0) is 25.7 Å². The molecular weight excluding hydrogens is 733 g/mol. The van der Waals surface area contributed by atoms with Crippen LogP contribution in [0.5, 0.6) is 0 Å². The van der Waals surface area contributed by atoms with Gasteiger partial charge in [0.2, 0.25) is 0 Å². The van der Waals surface area contributed by atoms with Crippen LogP contribution in [0.25, 0.3) is 0 Å². The fourth-order valence-electron chi connectivity index (χ4n) is 4.31. The monoisotopic (exact) mass is 776 g/mol. The molecule has 2 saturated heterocycles. The second-order valence-corrected chi connectivity index (χ2v) is 14.7. The molecule has 0 aromatic carbocycles. The maximum absolute atomic E-state index is 12.2. The summed E-state index contributed by atoms with van der Waals surface area (Å²) in [5, 5.41) is 58.9. The zero-order valence-corrected chi connectivity index (χ0v) is 29.3. The van der Waals surface area contributed by atoms with Crippen LogP contribution < -0.4 is 11.2 Å². The molecule has 24 nitrogen and oxygen atoms in total. The number of phosphoric acid groups is 3. The van der Waals surface area contributed by atoms with Crippen molar-refractivity contribution in [3.8, 4) is 0 Å². The number of nitrogens with one attached hydrogen (secondary N) is 1. The van der Waals surface area contributed by atoms with Crippen molar-refractivity contribution in [2.24, 2.45) is 0 Å². The van der Waals surface area contributed by atoms with E-state index >= 15 is 0 Å². The molecule has 0 spiro atoms. The lowest BCUT2D eigenvalue weighted by molar-refractivity contribution is -0.280. The third-order valence-electron chi connectivity index (χ3n) is 6.89. The van der Waals surface area contributed by atoms with Gasteiger partial charge >= 0.3 is 29.2 Å². The molecule has 0 radical (unpaired) electrons. The van der Waals surface area contributed by atoms with Gasteiger partial charge in [-0.2, -0.15) is 13.6 Å². The summed E-state index contributed by atoms with van der Waals surface area (Å²) >= 11 is 0. The van der Waals surface area contributed by atoms with Crippen molar-refractivity contribution in [2.75, 3.05) is 45.4 Å². The zero-order chi connectivity index (χ0) is 37.3. The highest BCUT2D eigenvalue weighted by Gasteiger charge is 2.50. The highest BCUT2D eigenvalue weighted by atomic mass is 31.3. The van der Waals surface area contributed by atoms with Gasteiger partial charge in [0, 0.05) is 6.20 Å². The first-order valence-electron chi connectivity index (χ1n) is 14.4. The van der Waals surface area contributed by atoms with E-state index in [1.165, 1.54) is 32.8 Å². The molecule has 10 N–H and O–H groups in total. The number of anilines is 1. The van der Waals surface area contributed by atoms with Crippen LogP contribution in [0.1, 0.15) is 27.0 Å². The minimum atomic E-state index is -6.04. The Morgan fingerprint density at radius 1 is 0.857 bits per heavy atom. The van der Waals surface area contributed by atoms with Crippen molar-refractivity contribution >= 4 is 29.3 Å². The van der Waals surface area contributed by atoms with Gasteiger partial charge in [-0.15, -0.1) is 0 Å². The largest absolute Gasteiger partial charge is 0.490 e. The van der Waals surface area contributed by atoms with Gasteiger partial charge in [-0.3, -0.25) is 18.5 Å². The lowest BCUT2D eigenvalue weighted by Crippen LogP contribution is -2.58. The fraction of sp³-hybridized carbons (Fsp3) is 0.818. The van der Waals surface area contributed by atoms with Crippen LogP contribution in [-0.4, -0.2) is 149 Å². The molecule has 2 fully saturated rings. The van der Waals surface area contributed by atoms with Crippen LogP contribution in [-0.2, 0) is 45.7 Å². The average Bonchev–Trinajstić information content (AvgIpc) is 3.29. The lowest BCUT2D eigenvalue weighted by Gasteiger charge is -2.39. The van der Waals surface area contributed by atoms with Crippen molar-refractivity contribution in [1.82, 2.24) is 14.5 Å². The molecule has 2 aliphatic rings. The third-order valence-corrected chi connectivity index (χ3v) is 11.1. The summed E-state index contributed by atoms with van der Waals surface area (Å²) in [6.07, 6.45) is -15.9. The van der Waals surface area contributed by atoms with Crippen molar-refractivity contribution in [1.29, 1.82) is 0 Å². The number of nitrogens with zero attached hydrogens (tertiary/aromatic N) is 3. The quantitative estimate of drug-likeness (QED) is 0.0605. The molecule has 27 heteroatoms. The first kappa shape index (κ1) is 43.9. The molecular formula is C22H43N4O20P3. The highest BCUT2D eigenvalue weighted by Crippen LogP contribution is 2.68. The van der Waals surface area contributed by atoms with Crippen molar-refractivity contribution in [2.45, 2.75) is 76.0 Å². The minimum Gasteiger partial charge on any atom is -0.394 e. The van der Waals surface area contributed by atoms with E-state index in [2.05, 4.69) is 58.6 Å². The third kappa shape index (κ3) is 12.7. The molecule has 49 heavy (non-hydrogen) atoms. The fourth-order valence-corrected chi connectivity index (χ4v) is 7.90. The molecule has 0 amide bonds. The van der Waals surface area contributed by atoms with Crippen LogP contribution >= 0.6 is 23.5 Å². The minimum absolute atomic E-state index is 0.00768. The molecule has 12 atom stereocenters. The predicted octanol–water partition coefficient (Wildman–Crippen LogP) is -2.65. The topological polar surface area (TPSA) is 348 Å². The second kappa shape index (κ2) is 19.0. The molecule has 1 aromatic rings. The Kier molecular flexibility index (Phi) is 17.0. The average molecular weight is 777 g/mol. The van der Waals surface area contributed by atoms with Crippen molar-refractivity contribution in [3.05, 3.63) is 22.7 Å². The van der Waals surface area contributed by atoms with Crippen LogP contribution in [0.3, 0.4) is 0 Å². The standard InChI is InChI=1S/C16H28N3O20P3.C6H15N/c1-33-18-8-2-3-19(16(26)17-8)14-12(24)10(22)7(35-14)5-34-40(27,28)38-42(31,32)39-41(29,30)37-15-13(25)11(23)9(21)6(4-20)36-15;1-4-7(5-2)6-3/h2-3,6-7,9-15,20-25H,4-5H2,1H3,(H,27,28)(H,29,30)(H,31,32)(H,17,18,26);4-6H2,1-3H3/t6-,7-,9-,10-,11+,12-,13-,14-,15-;/m1./s1. The Labute approximate surface area is 279 Å². The summed E-state index contributed by atoms with van der Waals surface area (Å²) in [4.78, 5) is 52.1. The maximum Gasteiger partial charge on any atom is 0.490 e. The van der Waals surface area contributed by atoms with E-state index in [0.717, 1.165) is 10.8 Å². The number of phosphoric ester groups is 2. The Morgan fingerprint density at radius 3 is 1.94 bits per heavy atom. The molecule has 0 saturated carbocycles. The Morgan fingerprint density at radius 2 is 1.43 bits per heavy atom. The predicted molar refractivity (Wildman–Crippen MR) is 161 cm³/mol. The van der Waals surface area contributed by atoms with Crippen LogP contribution in [0.2, 0.25) is 0 Å². The van der Waals surface area contributed by atoms with Gasteiger partial charge in [0.25, 0.3) is 0 Å². The van der Waals surface area contributed by atoms with Crippen molar-refractivity contribution < 1.29 is 91.0 Å².